The quantitative estimate of drug-likeness (QED) is 0.760. The molecule has 0 bridgehead atoms. The third kappa shape index (κ3) is 1.77. The Kier molecular flexibility index (Phi) is 2.71. The number of fused-ring (bicyclic) bond motifs is 1. The average molecular weight is 317 g/mol. The molecule has 1 aliphatic heterocycles. The molecule has 0 radical (unpaired) electrons. The van der Waals surface area contributed by atoms with E-state index in [1.165, 1.54) is 0 Å². The molecular formula is C14H9BrN2O2. The summed E-state index contributed by atoms with van der Waals surface area (Å²) < 4.78 is 0.627. The summed E-state index contributed by atoms with van der Waals surface area (Å²) in [5.74, 6) is -0.341. The van der Waals surface area contributed by atoms with Gasteiger partial charge in [0.1, 0.15) is 0 Å². The van der Waals surface area contributed by atoms with Crippen molar-refractivity contribution in [3.05, 3.63) is 57.7 Å². The van der Waals surface area contributed by atoms with Gasteiger partial charge < -0.3 is 0 Å². The number of hydrogen-bond donors (Lipinski definition) is 0. The van der Waals surface area contributed by atoms with Crippen molar-refractivity contribution in [1.29, 1.82) is 0 Å². The smallest absolute Gasteiger partial charge is 0.267 e. The average Bonchev–Trinajstić information content (AvgIpc) is 2.64. The van der Waals surface area contributed by atoms with E-state index in [0.29, 0.717) is 21.4 Å². The summed E-state index contributed by atoms with van der Waals surface area (Å²) in [4.78, 5) is 29.9. The summed E-state index contributed by atoms with van der Waals surface area (Å²) >= 11 is 3.35. The van der Waals surface area contributed by atoms with Gasteiger partial charge in [-0.25, -0.2) is 9.88 Å². The minimum atomic E-state index is -0.336. The molecule has 0 aliphatic carbocycles. The number of carbonyl (C=O) groups excluding carboxylic acids is 2. The highest BCUT2D eigenvalue weighted by molar-refractivity contribution is 9.10. The Hall–Kier alpha value is -2.01. The molecule has 1 aliphatic rings. The summed E-state index contributed by atoms with van der Waals surface area (Å²) in [5, 5.41) is 0. The van der Waals surface area contributed by atoms with Crippen LogP contribution in [0.15, 0.2) is 41.0 Å². The zero-order valence-electron chi connectivity index (χ0n) is 10.1. The first-order chi connectivity index (χ1) is 9.09. The lowest BCUT2D eigenvalue weighted by molar-refractivity contribution is 0.0925. The summed E-state index contributed by atoms with van der Waals surface area (Å²) in [7, 11) is 0. The molecule has 94 valence electrons. The second-order valence-electron chi connectivity index (χ2n) is 4.31. The maximum absolute atomic E-state index is 12.3. The first-order valence-corrected chi connectivity index (χ1v) is 6.49. The molecule has 0 unspecified atom stereocenters. The molecule has 0 saturated heterocycles. The molecular weight excluding hydrogens is 308 g/mol. The highest BCUT2D eigenvalue weighted by Gasteiger charge is 2.37. The molecule has 2 heterocycles. The molecule has 0 atom stereocenters. The van der Waals surface area contributed by atoms with Crippen LogP contribution in [0.25, 0.3) is 0 Å². The van der Waals surface area contributed by atoms with Crippen LogP contribution >= 0.6 is 15.9 Å². The van der Waals surface area contributed by atoms with E-state index >= 15 is 0 Å². The third-order valence-corrected chi connectivity index (χ3v) is 3.55. The van der Waals surface area contributed by atoms with E-state index in [4.69, 9.17) is 0 Å². The van der Waals surface area contributed by atoms with Crippen LogP contribution in [0.5, 0.6) is 0 Å². The number of imide groups is 1. The Morgan fingerprint density at radius 1 is 1.11 bits per heavy atom. The number of anilines is 1. The van der Waals surface area contributed by atoms with Gasteiger partial charge >= 0.3 is 0 Å². The number of benzene rings is 1. The first kappa shape index (κ1) is 12.0. The molecule has 2 amide bonds. The summed E-state index contributed by atoms with van der Waals surface area (Å²) in [6.45, 7) is 1.89. The fourth-order valence-corrected chi connectivity index (χ4v) is 2.71. The molecule has 0 fully saturated rings. The fraction of sp³-hybridized carbons (Fsp3) is 0.0714. The van der Waals surface area contributed by atoms with Crippen molar-refractivity contribution in [3.63, 3.8) is 0 Å². The van der Waals surface area contributed by atoms with Crippen LogP contribution in [0.3, 0.4) is 0 Å². The van der Waals surface area contributed by atoms with Crippen LogP contribution in [0.4, 0.5) is 5.82 Å². The van der Waals surface area contributed by atoms with Gasteiger partial charge in [0.2, 0.25) is 0 Å². The maximum Gasteiger partial charge on any atom is 0.267 e. The molecule has 0 N–H and O–H groups in total. The van der Waals surface area contributed by atoms with Gasteiger partial charge in [-0.05, 0) is 46.6 Å². The lowest BCUT2D eigenvalue weighted by Crippen LogP contribution is -2.30. The minimum Gasteiger partial charge on any atom is -0.268 e. The highest BCUT2D eigenvalue weighted by atomic mass is 79.9. The lowest BCUT2D eigenvalue weighted by Gasteiger charge is -2.14. The molecule has 0 saturated carbocycles. The number of hydrogen-bond acceptors (Lipinski definition) is 3. The predicted molar refractivity (Wildman–Crippen MR) is 74.3 cm³/mol. The van der Waals surface area contributed by atoms with Gasteiger partial charge in [-0.1, -0.05) is 12.1 Å². The van der Waals surface area contributed by atoms with Crippen LogP contribution < -0.4 is 4.90 Å². The Bertz CT molecular complexity index is 677. The highest BCUT2D eigenvalue weighted by Crippen LogP contribution is 2.31. The monoisotopic (exact) mass is 316 g/mol. The molecule has 19 heavy (non-hydrogen) atoms. The van der Waals surface area contributed by atoms with Gasteiger partial charge in [0.05, 0.1) is 15.6 Å². The Balaban J connectivity index is 2.14. The second kappa shape index (κ2) is 4.28. The third-order valence-electron chi connectivity index (χ3n) is 2.96. The molecule has 5 heteroatoms. The van der Waals surface area contributed by atoms with E-state index in [1.807, 2.05) is 13.0 Å². The van der Waals surface area contributed by atoms with Crippen LogP contribution in [0.1, 0.15) is 26.3 Å². The standard InChI is InChI=1S/C14H9BrN2O2/c1-8-6-11(15)12(16-7-8)17-13(18)9-4-2-3-5-10(9)14(17)19/h2-7H,1H3. The van der Waals surface area contributed by atoms with Gasteiger partial charge in [-0.3, -0.25) is 9.59 Å². The summed E-state index contributed by atoms with van der Waals surface area (Å²) in [5.41, 5.74) is 1.79. The van der Waals surface area contributed by atoms with Gasteiger partial charge in [0, 0.05) is 6.20 Å². The SMILES string of the molecule is Cc1cnc(N2C(=O)c3ccccc3C2=O)c(Br)c1. The van der Waals surface area contributed by atoms with Crippen molar-refractivity contribution in [2.24, 2.45) is 0 Å². The van der Waals surface area contributed by atoms with Crippen molar-refractivity contribution in [2.45, 2.75) is 6.92 Å². The number of carbonyl (C=O) groups is 2. The summed E-state index contributed by atoms with van der Waals surface area (Å²) in [6, 6.07) is 8.61. The van der Waals surface area contributed by atoms with E-state index in [2.05, 4.69) is 20.9 Å². The van der Waals surface area contributed by atoms with Crippen LogP contribution in [-0.4, -0.2) is 16.8 Å². The zero-order valence-corrected chi connectivity index (χ0v) is 11.6. The van der Waals surface area contributed by atoms with Crippen LogP contribution in [-0.2, 0) is 0 Å². The van der Waals surface area contributed by atoms with Crippen molar-refractivity contribution in [1.82, 2.24) is 4.98 Å². The molecule has 1 aromatic heterocycles. The molecule has 2 aromatic rings. The number of aromatic nitrogens is 1. The van der Waals surface area contributed by atoms with E-state index in [0.717, 1.165) is 10.5 Å². The van der Waals surface area contributed by atoms with Crippen LogP contribution in [0, 0.1) is 6.92 Å². The van der Waals surface area contributed by atoms with E-state index in [1.54, 1.807) is 30.5 Å². The minimum absolute atomic E-state index is 0.330. The Morgan fingerprint density at radius 2 is 1.68 bits per heavy atom. The largest absolute Gasteiger partial charge is 0.268 e. The van der Waals surface area contributed by atoms with Crippen molar-refractivity contribution < 1.29 is 9.59 Å². The molecule has 1 aromatic carbocycles. The van der Waals surface area contributed by atoms with Crippen molar-refractivity contribution in [2.75, 3.05) is 4.90 Å². The lowest BCUT2D eigenvalue weighted by atomic mass is 10.1. The second-order valence-corrected chi connectivity index (χ2v) is 5.16. The predicted octanol–water partition coefficient (Wildman–Crippen LogP) is 2.95. The van der Waals surface area contributed by atoms with Crippen LogP contribution in [0.2, 0.25) is 0 Å². The molecule has 0 spiro atoms. The Labute approximate surface area is 118 Å². The maximum atomic E-state index is 12.3. The number of amides is 2. The molecule has 4 nitrogen and oxygen atoms in total. The normalized spacial score (nSPS) is 13.9. The van der Waals surface area contributed by atoms with Gasteiger partial charge in [-0.15, -0.1) is 0 Å². The van der Waals surface area contributed by atoms with Gasteiger partial charge in [-0.2, -0.15) is 0 Å². The number of halogens is 1. The summed E-state index contributed by atoms with van der Waals surface area (Å²) in [6.07, 6.45) is 1.63. The van der Waals surface area contributed by atoms with Gasteiger partial charge in [0.25, 0.3) is 11.8 Å². The molecule has 3 rings (SSSR count). The topological polar surface area (TPSA) is 50.3 Å². The number of nitrogens with zero attached hydrogens (tertiary/aromatic N) is 2. The first-order valence-electron chi connectivity index (χ1n) is 5.69. The van der Waals surface area contributed by atoms with Crippen molar-refractivity contribution >= 4 is 33.6 Å². The van der Waals surface area contributed by atoms with E-state index in [9.17, 15) is 9.59 Å². The van der Waals surface area contributed by atoms with Crippen molar-refractivity contribution in [3.8, 4) is 0 Å². The van der Waals surface area contributed by atoms with E-state index < -0.39 is 0 Å². The zero-order chi connectivity index (χ0) is 13.6. The number of aryl methyl sites for hydroxylation is 1. The number of pyridine rings is 1. The Morgan fingerprint density at radius 3 is 2.21 bits per heavy atom. The van der Waals surface area contributed by atoms with Gasteiger partial charge in [0.15, 0.2) is 5.82 Å². The van der Waals surface area contributed by atoms with E-state index in [-0.39, 0.29) is 11.8 Å². The number of rotatable bonds is 1. The fourth-order valence-electron chi connectivity index (χ4n) is 2.07.